The molecule has 0 nitrogen and oxygen atoms in total. The molecule has 142 valence electrons. The minimum absolute atomic E-state index is 0.0179. The molecule has 0 unspecified atom stereocenters. The molecule has 0 bridgehead atoms. The first kappa shape index (κ1) is 17.7. The Kier molecular flexibility index (Phi) is 4.59. The van der Waals surface area contributed by atoms with E-state index in [1.165, 1.54) is 79.2 Å². The van der Waals surface area contributed by atoms with Gasteiger partial charge in [0.25, 0.3) is 0 Å². The molecule has 2 aliphatic carbocycles. The second-order valence-corrected chi connectivity index (χ2v) is 8.64. The summed E-state index contributed by atoms with van der Waals surface area (Å²) in [7, 11) is 0. The Bertz CT molecular complexity index is 949. The lowest BCUT2D eigenvalue weighted by molar-refractivity contribution is 0.509. The van der Waals surface area contributed by atoms with Crippen molar-refractivity contribution in [3.8, 4) is 11.1 Å². The Morgan fingerprint density at radius 1 is 0.679 bits per heavy atom. The van der Waals surface area contributed by atoms with Gasteiger partial charge in [0.1, 0.15) is 0 Å². The molecule has 0 heteroatoms. The maximum atomic E-state index is 2.53. The number of unbranched alkanes of at least 4 members (excludes halogenated alkanes) is 4. The van der Waals surface area contributed by atoms with E-state index >= 15 is 0 Å². The van der Waals surface area contributed by atoms with Crippen LogP contribution in [-0.2, 0) is 18.3 Å². The SMILES string of the molecule is CCCCCCCC1(c2ccc3c(c2)CC3)c2ccccc2-c2ccccc21. The fourth-order valence-corrected chi connectivity index (χ4v) is 5.50. The van der Waals surface area contributed by atoms with Crippen LogP contribution in [0.2, 0.25) is 0 Å². The molecule has 5 rings (SSSR count). The fraction of sp³-hybridized carbons (Fsp3) is 0.357. The van der Waals surface area contributed by atoms with Crippen molar-refractivity contribution in [1.29, 1.82) is 0 Å². The topological polar surface area (TPSA) is 0 Å². The van der Waals surface area contributed by atoms with Gasteiger partial charge in [0.2, 0.25) is 0 Å². The van der Waals surface area contributed by atoms with Gasteiger partial charge in [0.15, 0.2) is 0 Å². The van der Waals surface area contributed by atoms with E-state index in [1.54, 1.807) is 11.1 Å². The number of aryl methyl sites for hydroxylation is 2. The van der Waals surface area contributed by atoms with E-state index in [-0.39, 0.29) is 5.41 Å². The second kappa shape index (κ2) is 7.24. The van der Waals surface area contributed by atoms with Gasteiger partial charge in [-0.2, -0.15) is 0 Å². The summed E-state index contributed by atoms with van der Waals surface area (Å²) in [5.41, 5.74) is 10.6. The van der Waals surface area contributed by atoms with E-state index in [0.29, 0.717) is 0 Å². The molecule has 0 fully saturated rings. The molecule has 0 N–H and O–H groups in total. The van der Waals surface area contributed by atoms with Crippen molar-refractivity contribution in [3.05, 3.63) is 94.5 Å². The van der Waals surface area contributed by atoms with Crippen LogP contribution in [0.1, 0.15) is 73.3 Å². The van der Waals surface area contributed by atoms with Gasteiger partial charge in [-0.25, -0.2) is 0 Å². The molecule has 0 heterocycles. The highest BCUT2D eigenvalue weighted by molar-refractivity contribution is 5.83. The normalized spacial score (nSPS) is 15.5. The van der Waals surface area contributed by atoms with Gasteiger partial charge in [-0.3, -0.25) is 0 Å². The summed E-state index contributed by atoms with van der Waals surface area (Å²) in [6.45, 7) is 2.30. The Morgan fingerprint density at radius 3 is 1.93 bits per heavy atom. The lowest BCUT2D eigenvalue weighted by Crippen LogP contribution is -2.28. The quantitative estimate of drug-likeness (QED) is 0.381. The van der Waals surface area contributed by atoms with Crippen LogP contribution in [0.15, 0.2) is 66.7 Å². The first-order chi connectivity index (χ1) is 13.8. The Hall–Kier alpha value is -2.34. The zero-order valence-electron chi connectivity index (χ0n) is 17.0. The fourth-order valence-electron chi connectivity index (χ4n) is 5.50. The average Bonchev–Trinajstić information content (AvgIpc) is 3.00. The molecule has 0 atom stereocenters. The summed E-state index contributed by atoms with van der Waals surface area (Å²) in [4.78, 5) is 0. The maximum Gasteiger partial charge on any atom is 0.0463 e. The molecule has 0 amide bonds. The molecule has 0 aromatic heterocycles. The molecule has 0 saturated heterocycles. The third kappa shape index (κ3) is 2.65. The third-order valence-electron chi connectivity index (χ3n) is 7.08. The van der Waals surface area contributed by atoms with Crippen LogP contribution in [0, 0.1) is 0 Å². The lowest BCUT2D eigenvalue weighted by Gasteiger charge is -2.35. The van der Waals surface area contributed by atoms with Crippen molar-refractivity contribution in [2.24, 2.45) is 0 Å². The molecule has 2 aliphatic rings. The smallest absolute Gasteiger partial charge is 0.0463 e. The minimum atomic E-state index is 0.0179. The van der Waals surface area contributed by atoms with Gasteiger partial charge < -0.3 is 0 Å². The zero-order chi connectivity index (χ0) is 19.0. The van der Waals surface area contributed by atoms with Crippen molar-refractivity contribution in [1.82, 2.24) is 0 Å². The van der Waals surface area contributed by atoms with Crippen molar-refractivity contribution < 1.29 is 0 Å². The van der Waals surface area contributed by atoms with Gasteiger partial charge >= 0.3 is 0 Å². The van der Waals surface area contributed by atoms with E-state index in [0.717, 1.165) is 0 Å². The molecule has 3 aromatic rings. The molecule has 0 aliphatic heterocycles. The number of rotatable bonds is 7. The third-order valence-corrected chi connectivity index (χ3v) is 7.08. The number of hydrogen-bond acceptors (Lipinski definition) is 0. The van der Waals surface area contributed by atoms with Crippen LogP contribution in [-0.4, -0.2) is 0 Å². The summed E-state index contributed by atoms with van der Waals surface area (Å²) >= 11 is 0. The lowest BCUT2D eigenvalue weighted by atomic mass is 9.68. The summed E-state index contributed by atoms with van der Waals surface area (Å²) in [6.07, 6.45) is 10.4. The molecular weight excluding hydrogens is 336 g/mol. The first-order valence-corrected chi connectivity index (χ1v) is 11.2. The van der Waals surface area contributed by atoms with Crippen molar-refractivity contribution >= 4 is 0 Å². The Balaban J connectivity index is 1.65. The highest BCUT2D eigenvalue weighted by atomic mass is 14.5. The van der Waals surface area contributed by atoms with Crippen LogP contribution in [0.5, 0.6) is 0 Å². The van der Waals surface area contributed by atoms with E-state index in [9.17, 15) is 0 Å². The van der Waals surface area contributed by atoms with Crippen LogP contribution >= 0.6 is 0 Å². The number of benzene rings is 3. The number of hydrogen-bond donors (Lipinski definition) is 0. The van der Waals surface area contributed by atoms with Crippen LogP contribution in [0.3, 0.4) is 0 Å². The summed E-state index contributed by atoms with van der Waals surface area (Å²) in [5, 5.41) is 0. The van der Waals surface area contributed by atoms with Crippen molar-refractivity contribution in [2.75, 3.05) is 0 Å². The minimum Gasteiger partial charge on any atom is -0.0654 e. The highest BCUT2D eigenvalue weighted by Gasteiger charge is 2.44. The average molecular weight is 367 g/mol. The second-order valence-electron chi connectivity index (χ2n) is 8.64. The van der Waals surface area contributed by atoms with Crippen LogP contribution in [0.25, 0.3) is 11.1 Å². The van der Waals surface area contributed by atoms with Gasteiger partial charge in [0.05, 0.1) is 0 Å². The van der Waals surface area contributed by atoms with Crippen LogP contribution in [0.4, 0.5) is 0 Å². The van der Waals surface area contributed by atoms with Crippen LogP contribution < -0.4 is 0 Å². The molecule has 3 aromatic carbocycles. The summed E-state index contributed by atoms with van der Waals surface area (Å²) in [5.74, 6) is 0. The predicted octanol–water partition coefficient (Wildman–Crippen LogP) is 7.46. The Morgan fingerprint density at radius 2 is 1.32 bits per heavy atom. The summed E-state index contributed by atoms with van der Waals surface area (Å²) in [6, 6.07) is 25.7. The van der Waals surface area contributed by atoms with Crippen molar-refractivity contribution in [3.63, 3.8) is 0 Å². The predicted molar refractivity (Wildman–Crippen MR) is 119 cm³/mol. The van der Waals surface area contributed by atoms with E-state index in [4.69, 9.17) is 0 Å². The first-order valence-electron chi connectivity index (χ1n) is 11.2. The largest absolute Gasteiger partial charge is 0.0654 e. The van der Waals surface area contributed by atoms with Gasteiger partial charge in [-0.1, -0.05) is 106 Å². The molecule has 0 spiro atoms. The molecule has 0 radical (unpaired) electrons. The monoisotopic (exact) mass is 366 g/mol. The van der Waals surface area contributed by atoms with Gasteiger partial charge in [-0.15, -0.1) is 0 Å². The molecule has 28 heavy (non-hydrogen) atoms. The molecular formula is C28H30. The van der Waals surface area contributed by atoms with Crippen molar-refractivity contribution in [2.45, 2.75) is 63.7 Å². The van der Waals surface area contributed by atoms with E-state index in [1.807, 2.05) is 0 Å². The standard InChI is InChI=1S/C28H30/c1-2-3-4-5-10-19-28(23-18-17-21-15-16-22(21)20-23)26-13-8-6-11-24(26)25-12-7-9-14-27(25)28/h6-9,11-14,17-18,20H,2-5,10,15-16,19H2,1H3. The van der Waals surface area contributed by atoms with Gasteiger partial charge in [-0.05, 0) is 58.2 Å². The van der Waals surface area contributed by atoms with E-state index in [2.05, 4.69) is 73.7 Å². The molecule has 0 saturated carbocycles. The zero-order valence-corrected chi connectivity index (χ0v) is 17.0. The van der Waals surface area contributed by atoms with E-state index < -0.39 is 0 Å². The summed E-state index contributed by atoms with van der Waals surface area (Å²) < 4.78 is 0. The van der Waals surface area contributed by atoms with Gasteiger partial charge in [0, 0.05) is 5.41 Å². The highest BCUT2D eigenvalue weighted by Crippen LogP contribution is 2.55. The maximum absolute atomic E-state index is 2.53. The number of fused-ring (bicyclic) bond motifs is 4. The Labute approximate surface area is 169 Å².